The van der Waals surface area contributed by atoms with Crippen molar-refractivity contribution in [3.05, 3.63) is 33.5 Å². The van der Waals surface area contributed by atoms with Gasteiger partial charge in [0.2, 0.25) is 0 Å². The second kappa shape index (κ2) is 11.2. The summed E-state index contributed by atoms with van der Waals surface area (Å²) < 4.78 is 9.61. The van der Waals surface area contributed by atoms with Crippen LogP contribution >= 0.6 is 0 Å². The Hall–Kier alpha value is 0.885. The van der Waals surface area contributed by atoms with Gasteiger partial charge in [0.15, 0.2) is 0 Å². The van der Waals surface area contributed by atoms with E-state index in [1.165, 1.54) is 26.2 Å². The molecule has 0 aromatic heterocycles. The van der Waals surface area contributed by atoms with E-state index in [-0.39, 0.29) is 10.1 Å². The van der Waals surface area contributed by atoms with Crippen molar-refractivity contribution < 1.29 is 0 Å². The molecule has 0 spiro atoms. The van der Waals surface area contributed by atoms with Crippen molar-refractivity contribution in [2.45, 2.75) is 119 Å². The minimum atomic E-state index is -1.75. The number of nitrogens with zero attached hydrogens (tertiary/aromatic N) is 2. The maximum atomic E-state index is 2.86. The van der Waals surface area contributed by atoms with Gasteiger partial charge in [0.05, 0.1) is 0 Å². The monoisotopic (exact) mass is 638 g/mol. The summed E-state index contributed by atoms with van der Waals surface area (Å²) in [6.45, 7) is 45.0. The summed E-state index contributed by atoms with van der Waals surface area (Å²) in [4.78, 5) is 0. The number of allylic oxidation sites excluding steroid dienone is 8. The summed E-state index contributed by atoms with van der Waals surface area (Å²) in [6, 6.07) is 0. The maximum absolute atomic E-state index is 2.86. The van der Waals surface area contributed by atoms with E-state index in [4.69, 9.17) is 0 Å². The summed E-state index contributed by atoms with van der Waals surface area (Å²) in [5.74, 6) is 0. The first-order valence-electron chi connectivity index (χ1n) is 14.2. The Kier molecular flexibility index (Phi) is 10.2. The second-order valence-corrected chi connectivity index (χ2v) is 27.6. The van der Waals surface area contributed by atoms with E-state index < -0.39 is 60.7 Å². The molecule has 0 bridgehead atoms. The summed E-state index contributed by atoms with van der Waals surface area (Å²) >= 11 is -1.68. The van der Waals surface area contributed by atoms with Gasteiger partial charge in [-0.1, -0.05) is 0 Å². The Balaban J connectivity index is 2.77. The summed E-state index contributed by atoms with van der Waals surface area (Å²) in [5, 5.41) is 0.516. The van der Waals surface area contributed by atoms with E-state index in [0.717, 1.165) is 0 Å². The topological polar surface area (TPSA) is 6.48 Å². The molecule has 0 fully saturated rings. The third kappa shape index (κ3) is 4.57. The molecule has 0 saturated carbocycles. The Morgan fingerprint density at radius 2 is 0.800 bits per heavy atom. The van der Waals surface area contributed by atoms with Crippen molar-refractivity contribution in [3.8, 4) is 0 Å². The van der Waals surface area contributed by atoms with E-state index in [1.807, 2.05) is 0.0821 Å². The van der Waals surface area contributed by atoms with Crippen molar-refractivity contribution >= 4 is 60.7 Å². The summed E-state index contributed by atoms with van der Waals surface area (Å²) in [6.07, 6.45) is 0. The van der Waals surface area contributed by atoms with Crippen LogP contribution in [0, 0.1) is 0 Å². The fraction of sp³-hybridized carbons (Fsp3) is 0.733. The Labute approximate surface area is 246 Å². The van der Waals surface area contributed by atoms with Crippen LogP contribution in [0.3, 0.4) is 0 Å². The predicted octanol–water partition coefficient (Wildman–Crippen LogP) is 8.55. The zero-order valence-corrected chi connectivity index (χ0v) is 32.9. The van der Waals surface area contributed by atoms with Crippen molar-refractivity contribution in [2.24, 2.45) is 0 Å². The Bertz CT molecular complexity index is 898. The van der Waals surface area contributed by atoms with E-state index in [2.05, 4.69) is 118 Å². The molecule has 5 heteroatoms. The van der Waals surface area contributed by atoms with Crippen molar-refractivity contribution in [1.82, 2.24) is 9.13 Å². The van der Waals surface area contributed by atoms with E-state index >= 15 is 0 Å². The van der Waals surface area contributed by atoms with Gasteiger partial charge in [-0.25, -0.2) is 0 Å². The first kappa shape index (κ1) is 32.1. The van der Waals surface area contributed by atoms with Gasteiger partial charge in [-0.15, -0.1) is 0 Å². The van der Waals surface area contributed by atoms with Crippen LogP contribution in [0.5, 0.6) is 0 Å². The molecule has 2 aliphatic rings. The van der Waals surface area contributed by atoms with E-state index in [9.17, 15) is 0 Å². The molecule has 35 heavy (non-hydrogen) atoms. The number of hydrogen-bond donors (Lipinski definition) is 0. The molecule has 0 aromatic rings. The summed E-state index contributed by atoms with van der Waals surface area (Å²) in [7, 11) is -3.50. The van der Waals surface area contributed by atoms with Gasteiger partial charge in [0.25, 0.3) is 0 Å². The van der Waals surface area contributed by atoms with Crippen LogP contribution in [0.1, 0.15) is 83.1 Å². The van der Waals surface area contributed by atoms with Crippen molar-refractivity contribution in [1.29, 1.82) is 0 Å². The van der Waals surface area contributed by atoms with E-state index in [0.29, 0.717) is 0 Å². The van der Waals surface area contributed by atoms with Gasteiger partial charge in [0.1, 0.15) is 0 Å². The third-order valence-electron chi connectivity index (χ3n) is 11.8. The zero-order chi connectivity index (χ0) is 27.3. The van der Waals surface area contributed by atoms with Gasteiger partial charge in [-0.3, -0.25) is 0 Å². The Morgan fingerprint density at radius 1 is 0.543 bits per heavy atom. The molecular formula is C30H56BaN2Si2. The molecule has 196 valence electrons. The van der Waals surface area contributed by atoms with Gasteiger partial charge < -0.3 is 0 Å². The molecule has 0 amide bonds. The van der Waals surface area contributed by atoms with Crippen molar-refractivity contribution in [2.75, 3.05) is 26.2 Å². The molecule has 0 N–H and O–H groups in total. The van der Waals surface area contributed by atoms with Gasteiger partial charge in [0, 0.05) is 0 Å². The molecule has 2 rings (SSSR count). The van der Waals surface area contributed by atoms with Crippen LogP contribution in [0.2, 0.25) is 36.3 Å². The zero-order valence-electron chi connectivity index (χ0n) is 26.4. The van der Waals surface area contributed by atoms with Crippen LogP contribution in [0.25, 0.3) is 0 Å². The first-order chi connectivity index (χ1) is 16.0. The fourth-order valence-electron chi connectivity index (χ4n) is 8.08. The van der Waals surface area contributed by atoms with Crippen LogP contribution in [-0.2, 0) is 0 Å². The van der Waals surface area contributed by atoms with Crippen LogP contribution < -0.4 is 0 Å². The molecule has 2 nitrogen and oxygen atoms in total. The second-order valence-electron chi connectivity index (χ2n) is 12.6. The average molecular weight is 638 g/mol. The number of hydrogen-bond acceptors (Lipinski definition) is 2. The van der Waals surface area contributed by atoms with Gasteiger partial charge >= 0.3 is 249 Å². The predicted molar refractivity (Wildman–Crippen MR) is 165 cm³/mol. The summed E-state index contributed by atoms with van der Waals surface area (Å²) in [5.41, 5.74) is 9.93. The first-order valence-corrected chi connectivity index (χ1v) is 24.6. The van der Waals surface area contributed by atoms with Gasteiger partial charge in [-0.2, -0.15) is 0 Å². The quantitative estimate of drug-likeness (QED) is 0.222. The van der Waals surface area contributed by atoms with Gasteiger partial charge in [-0.05, 0) is 0 Å². The molecule has 2 atom stereocenters. The molecule has 2 unspecified atom stereocenters. The molecule has 2 aliphatic carbocycles. The van der Waals surface area contributed by atoms with Crippen molar-refractivity contribution in [3.63, 3.8) is 0 Å². The third-order valence-corrected chi connectivity index (χ3v) is 34.7. The van der Waals surface area contributed by atoms with Crippen LogP contribution in [0.4, 0.5) is 0 Å². The number of rotatable bonds is 10. The standard InChI is InChI=1S/2C15H28NSi.Ba/c2*1-9-16(10-2)17(7,8)15(6)11-12(3)13(4)14(15)5;/h2*9-10H2,1-8H3;. The molecule has 0 aromatic carbocycles. The fourth-order valence-corrected chi connectivity index (χ4v) is 34.3. The molecule has 0 radical (unpaired) electrons. The SMILES string of the molecule is CCN(CC)[Si](C)(C)C1(C)C(C)=C(C)C(C)=[C]1[Ba][C]1=C(C)C(C)=C(C)C1(C)[Si](C)(C)N(CC)CC. The molecule has 0 saturated heterocycles. The molecular weight excluding hydrogens is 582 g/mol. The normalized spacial score (nSPS) is 26.3. The molecule has 0 heterocycles. The van der Waals surface area contributed by atoms with Crippen LogP contribution in [-0.4, -0.2) is 96.0 Å². The molecule has 0 aliphatic heterocycles. The Morgan fingerprint density at radius 3 is 1.03 bits per heavy atom. The van der Waals surface area contributed by atoms with E-state index in [1.54, 1.807) is 33.4 Å². The minimum absolute atomic E-state index is 0.258. The average Bonchev–Trinajstić information content (AvgIpc) is 3.07. The van der Waals surface area contributed by atoms with Crippen LogP contribution in [0.15, 0.2) is 33.5 Å².